The number of thioether (sulfide) groups is 1. The molecule has 1 aromatic carbocycles. The summed E-state index contributed by atoms with van der Waals surface area (Å²) in [7, 11) is 0. The van der Waals surface area contributed by atoms with Gasteiger partial charge in [-0.05, 0) is 30.0 Å². The molecule has 0 atom stereocenters. The topological polar surface area (TPSA) is 37.3 Å². The molecule has 0 aliphatic rings. The molecule has 2 rings (SSSR count). The maximum absolute atomic E-state index is 13.9. The standard InChI is InChI=1S/C13H10F2O2S2/c1-7-5-8(13(16)17)9(12(15)11(7)14)6-19-10-3-2-4-18-10/h2-5H,6H2,1H3,(H,16,17). The predicted octanol–water partition coefficient (Wildman–Crippen LogP) is 4.33. The van der Waals surface area contributed by atoms with Gasteiger partial charge in [0.05, 0.1) is 9.77 Å². The number of halogens is 2. The van der Waals surface area contributed by atoms with Crippen molar-refractivity contribution in [3.8, 4) is 0 Å². The van der Waals surface area contributed by atoms with Crippen LogP contribution in [0.1, 0.15) is 21.5 Å². The number of aryl methyl sites for hydroxylation is 1. The number of hydrogen-bond donors (Lipinski definition) is 1. The van der Waals surface area contributed by atoms with Crippen LogP contribution in [-0.2, 0) is 5.75 Å². The van der Waals surface area contributed by atoms with Crippen molar-refractivity contribution in [2.75, 3.05) is 0 Å². The van der Waals surface area contributed by atoms with E-state index < -0.39 is 17.6 Å². The molecule has 0 bridgehead atoms. The van der Waals surface area contributed by atoms with E-state index in [9.17, 15) is 13.6 Å². The van der Waals surface area contributed by atoms with E-state index in [4.69, 9.17) is 5.11 Å². The Hall–Kier alpha value is -1.40. The number of carboxylic acids is 1. The Kier molecular flexibility index (Phi) is 4.21. The number of carboxylic acid groups (broad SMARTS) is 1. The largest absolute Gasteiger partial charge is 0.478 e. The first-order valence-electron chi connectivity index (χ1n) is 5.37. The van der Waals surface area contributed by atoms with Crippen LogP contribution in [0.15, 0.2) is 27.8 Å². The van der Waals surface area contributed by atoms with Crippen molar-refractivity contribution in [1.82, 2.24) is 0 Å². The summed E-state index contributed by atoms with van der Waals surface area (Å²) in [5.41, 5.74) is -0.283. The van der Waals surface area contributed by atoms with Crippen molar-refractivity contribution < 1.29 is 18.7 Å². The molecule has 0 saturated carbocycles. The van der Waals surface area contributed by atoms with Gasteiger partial charge in [0.1, 0.15) is 0 Å². The van der Waals surface area contributed by atoms with E-state index in [1.165, 1.54) is 36.1 Å². The fraction of sp³-hybridized carbons (Fsp3) is 0.154. The third kappa shape index (κ3) is 2.96. The average Bonchev–Trinajstić information content (AvgIpc) is 2.87. The minimum Gasteiger partial charge on any atom is -0.478 e. The molecular formula is C13H10F2O2S2. The molecular weight excluding hydrogens is 290 g/mol. The first-order chi connectivity index (χ1) is 9.00. The maximum atomic E-state index is 13.9. The molecule has 100 valence electrons. The smallest absolute Gasteiger partial charge is 0.336 e. The van der Waals surface area contributed by atoms with Crippen LogP contribution in [0.4, 0.5) is 8.78 Å². The first kappa shape index (κ1) is 14.0. The summed E-state index contributed by atoms with van der Waals surface area (Å²) in [6.07, 6.45) is 0. The lowest BCUT2D eigenvalue weighted by molar-refractivity contribution is 0.0695. The number of aromatic carboxylic acids is 1. The second-order valence-corrected chi connectivity index (χ2v) is 6.10. The lowest BCUT2D eigenvalue weighted by Gasteiger charge is -2.09. The van der Waals surface area contributed by atoms with Crippen molar-refractivity contribution in [3.05, 3.63) is 51.9 Å². The minimum atomic E-state index is -1.25. The Morgan fingerprint density at radius 2 is 2.16 bits per heavy atom. The zero-order chi connectivity index (χ0) is 14.0. The Labute approximate surface area is 117 Å². The van der Waals surface area contributed by atoms with Gasteiger partial charge in [0.15, 0.2) is 11.6 Å². The van der Waals surface area contributed by atoms with Crippen LogP contribution in [0.2, 0.25) is 0 Å². The highest BCUT2D eigenvalue weighted by atomic mass is 32.2. The summed E-state index contributed by atoms with van der Waals surface area (Å²) in [6.45, 7) is 1.35. The molecule has 1 N–H and O–H groups in total. The van der Waals surface area contributed by atoms with Crippen LogP contribution in [0.5, 0.6) is 0 Å². The van der Waals surface area contributed by atoms with E-state index in [1.807, 2.05) is 17.5 Å². The third-order valence-electron chi connectivity index (χ3n) is 2.57. The molecule has 6 heteroatoms. The van der Waals surface area contributed by atoms with Gasteiger partial charge in [0, 0.05) is 11.3 Å². The summed E-state index contributed by atoms with van der Waals surface area (Å²) >= 11 is 2.76. The average molecular weight is 300 g/mol. The highest BCUT2D eigenvalue weighted by molar-refractivity contribution is 8.00. The van der Waals surface area contributed by atoms with E-state index >= 15 is 0 Å². The zero-order valence-corrected chi connectivity index (χ0v) is 11.6. The van der Waals surface area contributed by atoms with Crippen LogP contribution in [0.25, 0.3) is 0 Å². The highest BCUT2D eigenvalue weighted by Crippen LogP contribution is 2.31. The molecule has 1 aromatic heterocycles. The van der Waals surface area contributed by atoms with Gasteiger partial charge in [-0.25, -0.2) is 13.6 Å². The normalized spacial score (nSPS) is 10.7. The minimum absolute atomic E-state index is 0.000210. The van der Waals surface area contributed by atoms with Crippen molar-refractivity contribution in [3.63, 3.8) is 0 Å². The van der Waals surface area contributed by atoms with Gasteiger partial charge in [0.2, 0.25) is 0 Å². The maximum Gasteiger partial charge on any atom is 0.336 e. The number of carbonyl (C=O) groups is 1. The second kappa shape index (κ2) is 5.71. The summed E-state index contributed by atoms with van der Waals surface area (Å²) in [5.74, 6) is -3.21. The van der Waals surface area contributed by atoms with Crippen molar-refractivity contribution in [2.45, 2.75) is 16.9 Å². The summed E-state index contributed by atoms with van der Waals surface area (Å²) in [6, 6.07) is 4.86. The molecule has 2 nitrogen and oxygen atoms in total. The lowest BCUT2D eigenvalue weighted by atomic mass is 10.0. The summed E-state index contributed by atoms with van der Waals surface area (Å²) in [5, 5.41) is 10.9. The summed E-state index contributed by atoms with van der Waals surface area (Å²) < 4.78 is 28.3. The van der Waals surface area contributed by atoms with Gasteiger partial charge in [-0.15, -0.1) is 23.1 Å². The quantitative estimate of drug-likeness (QED) is 0.854. The van der Waals surface area contributed by atoms with E-state index in [0.29, 0.717) is 0 Å². The van der Waals surface area contributed by atoms with Crippen LogP contribution in [0, 0.1) is 18.6 Å². The molecule has 19 heavy (non-hydrogen) atoms. The Bertz CT molecular complexity index is 610. The van der Waals surface area contributed by atoms with E-state index in [2.05, 4.69) is 0 Å². The van der Waals surface area contributed by atoms with E-state index in [1.54, 1.807) is 0 Å². The molecule has 0 aliphatic heterocycles. The molecule has 0 aliphatic carbocycles. The van der Waals surface area contributed by atoms with Crippen LogP contribution in [0.3, 0.4) is 0 Å². The Balaban J connectivity index is 2.37. The van der Waals surface area contributed by atoms with Crippen molar-refractivity contribution >= 4 is 29.1 Å². The molecule has 0 unspecified atom stereocenters. The summed E-state index contributed by atoms with van der Waals surface area (Å²) in [4.78, 5) is 11.1. The van der Waals surface area contributed by atoms with E-state index in [0.717, 1.165) is 4.21 Å². The van der Waals surface area contributed by atoms with Crippen LogP contribution >= 0.6 is 23.1 Å². The van der Waals surface area contributed by atoms with Gasteiger partial charge in [0.25, 0.3) is 0 Å². The monoisotopic (exact) mass is 300 g/mol. The Morgan fingerprint density at radius 3 is 2.74 bits per heavy atom. The first-order valence-corrected chi connectivity index (χ1v) is 7.24. The molecule has 0 saturated heterocycles. The van der Waals surface area contributed by atoms with Gasteiger partial charge >= 0.3 is 5.97 Å². The van der Waals surface area contributed by atoms with Gasteiger partial charge in [-0.2, -0.15) is 0 Å². The Morgan fingerprint density at radius 1 is 1.42 bits per heavy atom. The SMILES string of the molecule is Cc1cc(C(=O)O)c(CSc2cccs2)c(F)c1F. The lowest BCUT2D eigenvalue weighted by Crippen LogP contribution is -2.07. The highest BCUT2D eigenvalue weighted by Gasteiger charge is 2.20. The van der Waals surface area contributed by atoms with Crippen molar-refractivity contribution in [2.24, 2.45) is 0 Å². The number of benzene rings is 1. The molecule has 1 heterocycles. The number of thiophene rings is 1. The van der Waals surface area contributed by atoms with Gasteiger partial charge in [-0.1, -0.05) is 6.07 Å². The van der Waals surface area contributed by atoms with Gasteiger partial charge in [-0.3, -0.25) is 0 Å². The fourth-order valence-corrected chi connectivity index (χ4v) is 3.42. The third-order valence-corrected chi connectivity index (χ3v) is 4.73. The zero-order valence-electron chi connectivity index (χ0n) is 9.94. The van der Waals surface area contributed by atoms with Gasteiger partial charge < -0.3 is 5.11 Å². The van der Waals surface area contributed by atoms with E-state index in [-0.39, 0.29) is 22.4 Å². The molecule has 0 amide bonds. The molecule has 0 radical (unpaired) electrons. The number of hydrogen-bond acceptors (Lipinski definition) is 3. The molecule has 2 aromatic rings. The number of rotatable bonds is 4. The van der Waals surface area contributed by atoms with Crippen LogP contribution < -0.4 is 0 Å². The predicted molar refractivity (Wildman–Crippen MR) is 71.9 cm³/mol. The molecule has 0 fully saturated rings. The fourth-order valence-electron chi connectivity index (χ4n) is 1.61. The molecule has 0 spiro atoms. The second-order valence-electron chi connectivity index (χ2n) is 3.87. The van der Waals surface area contributed by atoms with Crippen LogP contribution in [-0.4, -0.2) is 11.1 Å². The van der Waals surface area contributed by atoms with Crippen molar-refractivity contribution in [1.29, 1.82) is 0 Å².